The average Bonchev–Trinajstić information content (AvgIpc) is 3.32. The van der Waals surface area contributed by atoms with E-state index in [1.54, 1.807) is 18.2 Å². The van der Waals surface area contributed by atoms with Gasteiger partial charge in [-0.05, 0) is 5.56 Å². The summed E-state index contributed by atoms with van der Waals surface area (Å²) >= 11 is 1.01. The number of hydrogen-bond donors (Lipinski definition) is 6. The number of urea groups is 2. The van der Waals surface area contributed by atoms with Gasteiger partial charge in [-0.25, -0.2) is 19.3 Å². The van der Waals surface area contributed by atoms with E-state index in [4.69, 9.17) is 9.84 Å². The first-order valence-electron chi connectivity index (χ1n) is 12.4. The highest BCUT2D eigenvalue weighted by Crippen LogP contribution is 2.45. The van der Waals surface area contributed by atoms with Crippen molar-refractivity contribution in [2.24, 2.45) is 0 Å². The predicted octanol–water partition coefficient (Wildman–Crippen LogP) is -1.22. The van der Waals surface area contributed by atoms with Crippen LogP contribution in [0.5, 0.6) is 0 Å². The SMILES string of the molecule is CC(=O)OCC1=C(C(=O)O)N2C(=O)[C@@](NO)(NC(=O)C(NC(=O)N3CCN(CCO)C3=O)c3ccccc3)[C@@H]2SC1. The van der Waals surface area contributed by atoms with Gasteiger partial charge in [0.05, 0.1) is 6.61 Å². The van der Waals surface area contributed by atoms with Crippen LogP contribution in [0.4, 0.5) is 9.59 Å². The number of aliphatic hydroxyl groups is 1. The molecule has 0 aliphatic carbocycles. The van der Waals surface area contributed by atoms with Crippen molar-refractivity contribution < 1.29 is 48.9 Å². The van der Waals surface area contributed by atoms with Crippen LogP contribution in [0, 0.1) is 0 Å². The summed E-state index contributed by atoms with van der Waals surface area (Å²) in [6.07, 6.45) is 0. The van der Waals surface area contributed by atoms with Crippen molar-refractivity contribution in [3.63, 3.8) is 0 Å². The molecule has 0 spiro atoms. The van der Waals surface area contributed by atoms with E-state index in [-0.39, 0.29) is 44.2 Å². The molecule has 1 aromatic carbocycles. The Kier molecular flexibility index (Phi) is 8.81. The lowest BCUT2D eigenvalue weighted by Crippen LogP contribution is -2.85. The summed E-state index contributed by atoms with van der Waals surface area (Å²) in [5, 5.41) is 32.8. The van der Waals surface area contributed by atoms with Crippen molar-refractivity contribution in [3.05, 3.63) is 47.2 Å². The minimum Gasteiger partial charge on any atom is -0.477 e. The van der Waals surface area contributed by atoms with Gasteiger partial charge in [-0.1, -0.05) is 30.3 Å². The van der Waals surface area contributed by atoms with Crippen LogP contribution in [0.2, 0.25) is 0 Å². The number of esters is 1. The van der Waals surface area contributed by atoms with Crippen LogP contribution in [0.3, 0.4) is 0 Å². The number of carboxylic acid groups (broad SMARTS) is 1. The van der Waals surface area contributed by atoms with Gasteiger partial charge in [0.2, 0.25) is 11.6 Å². The van der Waals surface area contributed by atoms with Crippen LogP contribution in [0.1, 0.15) is 18.5 Å². The van der Waals surface area contributed by atoms with Crippen LogP contribution in [0.25, 0.3) is 0 Å². The second kappa shape index (κ2) is 12.1. The molecule has 4 rings (SSSR count). The Morgan fingerprint density at radius 1 is 1.17 bits per heavy atom. The first kappa shape index (κ1) is 29.8. The molecule has 0 bridgehead atoms. The number of benzene rings is 1. The zero-order chi connectivity index (χ0) is 29.9. The molecular weight excluding hydrogens is 564 g/mol. The Balaban J connectivity index is 1.57. The van der Waals surface area contributed by atoms with Gasteiger partial charge in [0, 0.05) is 37.9 Å². The number of nitrogens with one attached hydrogen (secondary N) is 3. The van der Waals surface area contributed by atoms with Gasteiger partial charge in [0.15, 0.2) is 0 Å². The molecule has 6 N–H and O–H groups in total. The number of thioether (sulfide) groups is 1. The highest BCUT2D eigenvalue weighted by Gasteiger charge is 2.66. The van der Waals surface area contributed by atoms with Crippen molar-refractivity contribution in [2.45, 2.75) is 24.0 Å². The first-order chi connectivity index (χ1) is 19.5. The van der Waals surface area contributed by atoms with Gasteiger partial charge in [-0.3, -0.25) is 19.3 Å². The largest absolute Gasteiger partial charge is 0.477 e. The number of rotatable bonds is 10. The molecular formula is C24H28N6O10S. The number of fused-ring (bicyclic) bond motifs is 1. The second-order valence-corrected chi connectivity index (χ2v) is 10.3. The molecule has 2 fully saturated rings. The molecule has 17 heteroatoms. The smallest absolute Gasteiger partial charge is 0.352 e. The normalized spacial score (nSPS) is 22.6. The van der Waals surface area contributed by atoms with E-state index < -0.39 is 58.6 Å². The van der Waals surface area contributed by atoms with E-state index in [9.17, 15) is 39.1 Å². The van der Waals surface area contributed by atoms with Crippen LogP contribution in [-0.4, -0.2) is 116 Å². The van der Waals surface area contributed by atoms with Crippen molar-refractivity contribution in [1.82, 2.24) is 30.8 Å². The molecule has 16 nitrogen and oxygen atoms in total. The monoisotopic (exact) mass is 592 g/mol. The molecule has 1 aromatic rings. The molecule has 41 heavy (non-hydrogen) atoms. The zero-order valence-electron chi connectivity index (χ0n) is 21.7. The van der Waals surface area contributed by atoms with Crippen LogP contribution in [0.15, 0.2) is 41.6 Å². The molecule has 3 aliphatic heterocycles. The maximum absolute atomic E-state index is 13.6. The minimum atomic E-state index is -2.16. The Morgan fingerprint density at radius 3 is 2.49 bits per heavy atom. The van der Waals surface area contributed by atoms with Gasteiger partial charge < -0.3 is 35.7 Å². The topological polar surface area (TPSA) is 218 Å². The number of carboxylic acids is 1. The van der Waals surface area contributed by atoms with E-state index >= 15 is 0 Å². The number of ether oxygens (including phenoxy) is 1. The Labute approximate surface area is 237 Å². The van der Waals surface area contributed by atoms with Crippen molar-refractivity contribution in [1.29, 1.82) is 0 Å². The fourth-order valence-corrected chi connectivity index (χ4v) is 6.07. The van der Waals surface area contributed by atoms with E-state index in [0.717, 1.165) is 28.5 Å². The Hall–Kier alpha value is -4.19. The third kappa shape index (κ3) is 5.56. The predicted molar refractivity (Wildman–Crippen MR) is 139 cm³/mol. The molecule has 6 amide bonds. The highest BCUT2D eigenvalue weighted by atomic mass is 32.2. The number of imide groups is 1. The number of nitrogens with zero attached hydrogens (tertiary/aromatic N) is 3. The number of hydroxylamine groups is 1. The third-order valence-electron chi connectivity index (χ3n) is 6.67. The molecule has 1 unspecified atom stereocenters. The summed E-state index contributed by atoms with van der Waals surface area (Å²) in [5.74, 6) is -4.05. The van der Waals surface area contributed by atoms with Gasteiger partial charge in [-0.15, -0.1) is 11.8 Å². The lowest BCUT2D eigenvalue weighted by atomic mass is 9.94. The van der Waals surface area contributed by atoms with Crippen LogP contribution < -0.4 is 16.1 Å². The number of aliphatic hydroxyl groups excluding tert-OH is 1. The molecule has 2 saturated heterocycles. The molecule has 0 aromatic heterocycles. The summed E-state index contributed by atoms with van der Waals surface area (Å²) in [7, 11) is 0. The van der Waals surface area contributed by atoms with Crippen molar-refractivity contribution in [3.8, 4) is 0 Å². The fraction of sp³-hybridized carbons (Fsp3) is 0.417. The summed E-state index contributed by atoms with van der Waals surface area (Å²) in [4.78, 5) is 78.8. The number of carbonyl (C=O) groups is 6. The van der Waals surface area contributed by atoms with Crippen LogP contribution >= 0.6 is 11.8 Å². The highest BCUT2D eigenvalue weighted by molar-refractivity contribution is 8.00. The maximum atomic E-state index is 13.6. The van der Waals surface area contributed by atoms with Gasteiger partial charge in [-0.2, -0.15) is 5.48 Å². The minimum absolute atomic E-state index is 0.00290. The van der Waals surface area contributed by atoms with E-state index in [0.29, 0.717) is 5.56 Å². The van der Waals surface area contributed by atoms with Gasteiger partial charge in [0.25, 0.3) is 5.91 Å². The Bertz CT molecular complexity index is 1290. The summed E-state index contributed by atoms with van der Waals surface area (Å²) in [6.45, 7) is 0.733. The number of β-amino-alcohol motifs (C(OH)–C–C–N with tert-alkyl or cyclic N) is 1. The van der Waals surface area contributed by atoms with Crippen molar-refractivity contribution in [2.75, 3.05) is 38.6 Å². The third-order valence-corrected chi connectivity index (χ3v) is 8.07. The number of aliphatic carboxylic acids is 1. The number of amides is 6. The number of β-lactam (4-membered cyclic amide) rings is 1. The van der Waals surface area contributed by atoms with E-state index in [1.165, 1.54) is 17.0 Å². The molecule has 0 radical (unpaired) electrons. The summed E-state index contributed by atoms with van der Waals surface area (Å²) in [6, 6.07) is 4.96. The second-order valence-electron chi connectivity index (χ2n) is 9.22. The van der Waals surface area contributed by atoms with Crippen molar-refractivity contribution >= 4 is 47.6 Å². The summed E-state index contributed by atoms with van der Waals surface area (Å²) in [5.41, 5.74) is -0.342. The molecule has 3 atom stereocenters. The van der Waals surface area contributed by atoms with Crippen LogP contribution in [-0.2, 0) is 23.9 Å². The first-order valence-corrected chi connectivity index (χ1v) is 13.4. The lowest BCUT2D eigenvalue weighted by molar-refractivity contribution is -0.171. The van der Waals surface area contributed by atoms with E-state index in [1.807, 2.05) is 5.48 Å². The molecule has 220 valence electrons. The molecule has 3 aliphatic rings. The zero-order valence-corrected chi connectivity index (χ0v) is 22.5. The van der Waals surface area contributed by atoms with Gasteiger partial charge in [0.1, 0.15) is 23.7 Å². The standard InChI is InChI=1S/C24H28N6O10S/c1-13(32)40-11-15-12-41-21-24(27-39,20(36)30(21)17(15)19(34)35)26-18(33)16(14-5-3-2-4-6-14)25-22(37)29-8-7-28(9-10-31)23(29)38/h2-6,16,21,27,31,39H,7-12H2,1H3,(H,25,37)(H,26,33)(H,34,35)/t16?,21-,24-/m0/s1. The Morgan fingerprint density at radius 2 is 1.88 bits per heavy atom. The number of carbonyl (C=O) groups excluding carboxylic acids is 5. The summed E-state index contributed by atoms with van der Waals surface area (Å²) < 4.78 is 4.91. The quantitative estimate of drug-likeness (QED) is 0.0815. The maximum Gasteiger partial charge on any atom is 0.352 e. The van der Waals surface area contributed by atoms with Gasteiger partial charge >= 0.3 is 24.0 Å². The average molecular weight is 593 g/mol. The lowest BCUT2D eigenvalue weighted by Gasteiger charge is -2.56. The fourth-order valence-electron chi connectivity index (χ4n) is 4.68. The molecule has 3 heterocycles. The van der Waals surface area contributed by atoms with E-state index in [2.05, 4.69) is 10.6 Å². The molecule has 0 saturated carbocycles. The number of hydrogen-bond acceptors (Lipinski definition) is 11.